The van der Waals surface area contributed by atoms with Crippen LogP contribution in [0.2, 0.25) is 0 Å². The summed E-state index contributed by atoms with van der Waals surface area (Å²) in [5, 5.41) is 0. The highest BCUT2D eigenvalue weighted by Crippen LogP contribution is 2.22. The molecular weight excluding hydrogens is 322 g/mol. The Morgan fingerprint density at radius 3 is 2.00 bits per heavy atom. The molecule has 2 N–H and O–H groups in total. The largest absolute Gasteiger partial charge is 0.452 e. The monoisotopic (exact) mass is 359 g/mol. The third-order valence-electron chi connectivity index (χ3n) is 2.90. The van der Waals surface area contributed by atoms with Gasteiger partial charge in [0.15, 0.2) is 0 Å². The quantitative estimate of drug-likeness (QED) is 0.336. The molecule has 0 aromatic rings. The van der Waals surface area contributed by atoms with Crippen molar-refractivity contribution >= 4 is 5.97 Å². The lowest BCUT2D eigenvalue weighted by atomic mass is 9.97. The maximum atomic E-state index is 12.0. The third-order valence-corrected chi connectivity index (χ3v) is 2.90. The fourth-order valence-corrected chi connectivity index (χ4v) is 1.72. The molecule has 26 heavy (non-hydrogen) atoms. The summed E-state index contributed by atoms with van der Waals surface area (Å²) < 4.78 is 5.53. The zero-order valence-electron chi connectivity index (χ0n) is 17.6. The summed E-state index contributed by atoms with van der Waals surface area (Å²) in [6.07, 6.45) is 17.7. The van der Waals surface area contributed by atoms with Gasteiger partial charge in [0.1, 0.15) is 5.60 Å². The summed E-state index contributed by atoms with van der Waals surface area (Å²) in [5.74, 6) is -0.399. The number of ether oxygens (including phenoxy) is 1. The number of allylic oxidation sites excluding steroid dienone is 9. The molecule has 0 aliphatic heterocycles. The number of hydrogen-bond acceptors (Lipinski definition) is 3. The maximum Gasteiger partial charge on any atom is 0.331 e. The van der Waals surface area contributed by atoms with E-state index in [0.717, 1.165) is 11.1 Å². The average Bonchev–Trinajstić information content (AvgIpc) is 2.65. The van der Waals surface area contributed by atoms with Crippen LogP contribution in [-0.4, -0.2) is 18.6 Å². The number of hydrogen-bond donors (Lipinski definition) is 1. The third kappa shape index (κ3) is 14.0. The highest BCUT2D eigenvalue weighted by molar-refractivity contribution is 5.83. The van der Waals surface area contributed by atoms with Crippen LogP contribution in [-0.2, 0) is 9.53 Å². The first-order valence-electron chi connectivity index (χ1n) is 8.81. The van der Waals surface area contributed by atoms with Crippen molar-refractivity contribution in [3.05, 3.63) is 85.1 Å². The van der Waals surface area contributed by atoms with Crippen LogP contribution in [0.1, 0.15) is 41.5 Å². The zero-order chi connectivity index (χ0) is 21.0. The van der Waals surface area contributed by atoms with Crippen LogP contribution in [0, 0.1) is 0 Å². The van der Waals surface area contributed by atoms with E-state index in [1.807, 2.05) is 78.0 Å². The Balaban J connectivity index is -0.00000123. The molecule has 0 saturated heterocycles. The first-order chi connectivity index (χ1) is 12.4. The van der Waals surface area contributed by atoms with Crippen molar-refractivity contribution in [2.24, 2.45) is 5.73 Å². The lowest BCUT2D eigenvalue weighted by molar-refractivity contribution is -0.146. The summed E-state index contributed by atoms with van der Waals surface area (Å²) >= 11 is 0. The predicted octanol–water partition coefficient (Wildman–Crippen LogP) is 5.84. The maximum absolute atomic E-state index is 12.0. The Hall–Kier alpha value is -2.39. The van der Waals surface area contributed by atoms with E-state index in [1.54, 1.807) is 18.2 Å². The average molecular weight is 360 g/mol. The molecule has 0 amide bonds. The summed E-state index contributed by atoms with van der Waals surface area (Å²) in [5.41, 5.74) is 5.53. The Morgan fingerprint density at radius 1 is 1.00 bits per heavy atom. The molecule has 0 aromatic heterocycles. The topological polar surface area (TPSA) is 52.3 Å². The molecule has 0 atom stereocenters. The molecular formula is C23H37NO2. The van der Waals surface area contributed by atoms with Crippen LogP contribution < -0.4 is 5.73 Å². The van der Waals surface area contributed by atoms with Crippen LogP contribution in [0.3, 0.4) is 0 Å². The summed E-state index contributed by atoms with van der Waals surface area (Å²) in [6, 6.07) is 0. The van der Waals surface area contributed by atoms with E-state index >= 15 is 0 Å². The molecule has 0 aliphatic carbocycles. The zero-order valence-corrected chi connectivity index (χ0v) is 17.6. The van der Waals surface area contributed by atoms with Crippen molar-refractivity contribution in [1.29, 1.82) is 0 Å². The fraction of sp³-hybridized carbons (Fsp3) is 0.348. The smallest absolute Gasteiger partial charge is 0.331 e. The summed E-state index contributed by atoms with van der Waals surface area (Å²) in [4.78, 5) is 12.0. The van der Waals surface area contributed by atoms with Gasteiger partial charge in [0, 0.05) is 6.08 Å². The van der Waals surface area contributed by atoms with Crippen LogP contribution >= 0.6 is 0 Å². The van der Waals surface area contributed by atoms with Crippen LogP contribution in [0.5, 0.6) is 0 Å². The molecule has 0 bridgehead atoms. The van der Waals surface area contributed by atoms with E-state index in [9.17, 15) is 4.79 Å². The predicted molar refractivity (Wildman–Crippen MR) is 117 cm³/mol. The Morgan fingerprint density at radius 2 is 1.58 bits per heavy atom. The van der Waals surface area contributed by atoms with Gasteiger partial charge in [0.05, 0.1) is 0 Å². The van der Waals surface area contributed by atoms with Gasteiger partial charge in [-0.25, -0.2) is 4.79 Å². The van der Waals surface area contributed by atoms with E-state index in [2.05, 4.69) is 18.9 Å². The summed E-state index contributed by atoms with van der Waals surface area (Å²) in [6.45, 7) is 18.9. The minimum atomic E-state index is -0.711. The molecule has 0 heterocycles. The van der Waals surface area contributed by atoms with Gasteiger partial charge in [-0.15, -0.1) is 0 Å². The fourth-order valence-electron chi connectivity index (χ4n) is 1.72. The standard InChI is InChI=1S/C20H26O2.C2H6.CH5N/c1-7-11-13-17(9-3)15-16-19(21)22-20(5,6)18(10-4)14-12-8-2;2*1-2/h7-16H,2-3H2,1,4-6H3;1-2H3;2H2,1H3/b11-7-,14-12-,16-15+,17-13+,18-10+;;. The highest BCUT2D eigenvalue weighted by Gasteiger charge is 2.24. The molecule has 0 aromatic carbocycles. The molecule has 0 fully saturated rings. The molecule has 0 aliphatic rings. The molecule has 0 saturated carbocycles. The second-order valence-corrected chi connectivity index (χ2v) is 5.00. The van der Waals surface area contributed by atoms with Gasteiger partial charge in [-0.3, -0.25) is 0 Å². The summed E-state index contributed by atoms with van der Waals surface area (Å²) in [7, 11) is 1.50. The second kappa shape index (κ2) is 18.9. The van der Waals surface area contributed by atoms with Crippen molar-refractivity contribution in [1.82, 2.24) is 0 Å². The van der Waals surface area contributed by atoms with Crippen molar-refractivity contribution in [2.45, 2.75) is 47.1 Å². The Bertz CT molecular complexity index is 545. The van der Waals surface area contributed by atoms with Gasteiger partial charge in [0.2, 0.25) is 0 Å². The molecule has 0 radical (unpaired) electrons. The van der Waals surface area contributed by atoms with E-state index in [4.69, 9.17) is 4.74 Å². The van der Waals surface area contributed by atoms with E-state index in [0.29, 0.717) is 0 Å². The number of rotatable bonds is 8. The lowest BCUT2D eigenvalue weighted by Gasteiger charge is -2.26. The van der Waals surface area contributed by atoms with Gasteiger partial charge in [-0.2, -0.15) is 0 Å². The Labute approximate surface area is 161 Å². The van der Waals surface area contributed by atoms with Gasteiger partial charge in [0.25, 0.3) is 0 Å². The minimum Gasteiger partial charge on any atom is -0.452 e. The Kier molecular flexibility index (Phi) is 20.7. The molecule has 3 heteroatoms. The number of esters is 1. The first kappa shape index (κ1) is 28.4. The van der Waals surface area contributed by atoms with Crippen molar-refractivity contribution in [2.75, 3.05) is 7.05 Å². The SMILES string of the molecule is C=C/C=C\C(=C/C)C(C)(C)OC(=O)/C=C/C(C=C)=C/C=C\C.CC.CN. The van der Waals surface area contributed by atoms with Gasteiger partial charge >= 0.3 is 5.97 Å². The van der Waals surface area contributed by atoms with Crippen LogP contribution in [0.15, 0.2) is 85.1 Å². The normalized spacial score (nSPS) is 12.3. The van der Waals surface area contributed by atoms with Gasteiger partial charge in [-0.05, 0) is 52.0 Å². The van der Waals surface area contributed by atoms with Crippen molar-refractivity contribution in [3.63, 3.8) is 0 Å². The first-order valence-corrected chi connectivity index (χ1v) is 8.81. The number of nitrogens with two attached hydrogens (primary N) is 1. The molecule has 0 rings (SSSR count). The lowest BCUT2D eigenvalue weighted by Crippen LogP contribution is -2.29. The minimum absolute atomic E-state index is 0.399. The molecule has 3 nitrogen and oxygen atoms in total. The molecule has 0 spiro atoms. The van der Waals surface area contributed by atoms with Crippen LogP contribution in [0.4, 0.5) is 0 Å². The van der Waals surface area contributed by atoms with Crippen molar-refractivity contribution in [3.8, 4) is 0 Å². The molecule has 0 unspecified atom stereocenters. The van der Waals surface area contributed by atoms with Gasteiger partial charge < -0.3 is 10.5 Å². The molecule has 146 valence electrons. The second-order valence-electron chi connectivity index (χ2n) is 5.00. The highest BCUT2D eigenvalue weighted by atomic mass is 16.6. The van der Waals surface area contributed by atoms with Gasteiger partial charge in [-0.1, -0.05) is 75.6 Å². The number of carbonyl (C=O) groups excluding carboxylic acids is 1. The van der Waals surface area contributed by atoms with E-state index < -0.39 is 11.6 Å². The van der Waals surface area contributed by atoms with E-state index in [-0.39, 0.29) is 0 Å². The van der Waals surface area contributed by atoms with E-state index in [1.165, 1.54) is 13.1 Å². The number of carbonyl (C=O) groups is 1. The van der Waals surface area contributed by atoms with Crippen molar-refractivity contribution < 1.29 is 9.53 Å². The van der Waals surface area contributed by atoms with Crippen LogP contribution in [0.25, 0.3) is 0 Å².